The van der Waals surface area contributed by atoms with Gasteiger partial charge in [-0.1, -0.05) is 12.1 Å². The Morgan fingerprint density at radius 1 is 1.33 bits per heavy atom. The fourth-order valence-electron chi connectivity index (χ4n) is 1.81. The summed E-state index contributed by atoms with van der Waals surface area (Å²) < 4.78 is 3.41. The van der Waals surface area contributed by atoms with Gasteiger partial charge in [0.1, 0.15) is 0 Å². The average Bonchev–Trinajstić information content (AvgIpc) is 2.51. The number of aryl methyl sites for hydroxylation is 2. The highest BCUT2D eigenvalue weighted by atomic mass is 79.9. The molecule has 0 atom stereocenters. The lowest BCUT2D eigenvalue weighted by atomic mass is 10.2. The van der Waals surface area contributed by atoms with E-state index in [1.165, 1.54) is 16.5 Å². The molecule has 0 aliphatic carbocycles. The van der Waals surface area contributed by atoms with Crippen LogP contribution >= 0.6 is 15.9 Å². The number of nitrogens with zero attached hydrogens (tertiary/aromatic N) is 1. The molecule has 0 aliphatic heterocycles. The number of halogens is 1. The van der Waals surface area contributed by atoms with E-state index in [4.69, 9.17) is 5.73 Å². The maximum absolute atomic E-state index is 5.54. The van der Waals surface area contributed by atoms with Crippen LogP contribution in [0, 0.1) is 6.92 Å². The number of nitrogens with two attached hydrogens (primary N) is 1. The van der Waals surface area contributed by atoms with Crippen LogP contribution in [0.5, 0.6) is 0 Å². The molecule has 0 saturated carbocycles. The van der Waals surface area contributed by atoms with E-state index in [-0.39, 0.29) is 0 Å². The normalized spacial score (nSPS) is 11.1. The molecule has 1 aromatic heterocycles. The van der Waals surface area contributed by atoms with Crippen LogP contribution in [0.2, 0.25) is 0 Å². The first-order valence-corrected chi connectivity index (χ1v) is 5.97. The van der Waals surface area contributed by atoms with Crippen LogP contribution in [-0.2, 0) is 6.54 Å². The van der Waals surface area contributed by atoms with Gasteiger partial charge in [-0.25, -0.2) is 0 Å². The van der Waals surface area contributed by atoms with Crippen molar-refractivity contribution in [2.75, 3.05) is 6.54 Å². The number of benzene rings is 1. The van der Waals surface area contributed by atoms with Crippen LogP contribution < -0.4 is 5.73 Å². The number of hydrogen-bond acceptors (Lipinski definition) is 1. The van der Waals surface area contributed by atoms with Crippen molar-refractivity contribution >= 4 is 26.8 Å². The summed E-state index contributed by atoms with van der Waals surface area (Å²) in [6.07, 6.45) is 1.01. The summed E-state index contributed by atoms with van der Waals surface area (Å²) in [6.45, 7) is 3.83. The molecular formula is C12H15BrN2. The van der Waals surface area contributed by atoms with Crippen LogP contribution in [0.3, 0.4) is 0 Å². The molecule has 2 N–H and O–H groups in total. The van der Waals surface area contributed by atoms with Gasteiger partial charge in [0.2, 0.25) is 0 Å². The molecule has 0 spiro atoms. The van der Waals surface area contributed by atoms with Crippen molar-refractivity contribution in [3.63, 3.8) is 0 Å². The molecule has 0 aliphatic rings. The van der Waals surface area contributed by atoms with E-state index >= 15 is 0 Å². The largest absolute Gasteiger partial charge is 0.335 e. The minimum atomic E-state index is 0.734. The van der Waals surface area contributed by atoms with Crippen molar-refractivity contribution in [1.82, 2.24) is 4.57 Å². The van der Waals surface area contributed by atoms with Crippen molar-refractivity contribution in [2.45, 2.75) is 19.9 Å². The molecule has 0 unspecified atom stereocenters. The van der Waals surface area contributed by atoms with Gasteiger partial charge in [0.05, 0.1) is 4.60 Å². The molecule has 3 heteroatoms. The van der Waals surface area contributed by atoms with Crippen LogP contribution in [0.15, 0.2) is 28.9 Å². The Labute approximate surface area is 98.2 Å². The SMILES string of the molecule is Cc1ccc2cc(Br)n(CCCN)c2c1. The number of aromatic nitrogens is 1. The van der Waals surface area contributed by atoms with Crippen molar-refractivity contribution in [3.05, 3.63) is 34.4 Å². The molecule has 15 heavy (non-hydrogen) atoms. The van der Waals surface area contributed by atoms with Gasteiger partial charge in [0.25, 0.3) is 0 Å². The van der Waals surface area contributed by atoms with E-state index in [2.05, 4.69) is 51.7 Å². The molecule has 2 rings (SSSR count). The minimum Gasteiger partial charge on any atom is -0.335 e. The van der Waals surface area contributed by atoms with E-state index in [9.17, 15) is 0 Å². The van der Waals surface area contributed by atoms with E-state index < -0.39 is 0 Å². The monoisotopic (exact) mass is 266 g/mol. The van der Waals surface area contributed by atoms with E-state index in [1.54, 1.807) is 0 Å². The molecule has 0 bridgehead atoms. The van der Waals surface area contributed by atoms with Gasteiger partial charge < -0.3 is 10.3 Å². The maximum Gasteiger partial charge on any atom is 0.0857 e. The number of hydrogen-bond donors (Lipinski definition) is 1. The molecule has 0 saturated heterocycles. The molecule has 0 radical (unpaired) electrons. The van der Waals surface area contributed by atoms with Crippen LogP contribution in [0.1, 0.15) is 12.0 Å². The van der Waals surface area contributed by atoms with Crippen molar-refractivity contribution in [3.8, 4) is 0 Å². The summed E-state index contributed by atoms with van der Waals surface area (Å²) in [4.78, 5) is 0. The zero-order valence-corrected chi connectivity index (χ0v) is 10.4. The predicted molar refractivity (Wildman–Crippen MR) is 68.0 cm³/mol. The fourth-order valence-corrected chi connectivity index (χ4v) is 2.42. The lowest BCUT2D eigenvalue weighted by Gasteiger charge is -2.06. The molecule has 2 nitrogen and oxygen atoms in total. The van der Waals surface area contributed by atoms with Gasteiger partial charge in [-0.2, -0.15) is 0 Å². The van der Waals surface area contributed by atoms with E-state index in [0.717, 1.165) is 24.1 Å². The zero-order valence-electron chi connectivity index (χ0n) is 8.83. The highest BCUT2D eigenvalue weighted by Crippen LogP contribution is 2.25. The quantitative estimate of drug-likeness (QED) is 0.910. The summed E-state index contributed by atoms with van der Waals surface area (Å²) in [5, 5.41) is 1.28. The van der Waals surface area contributed by atoms with Gasteiger partial charge in [-0.15, -0.1) is 0 Å². The molecular weight excluding hydrogens is 252 g/mol. The molecule has 2 aromatic rings. The lowest BCUT2D eigenvalue weighted by Crippen LogP contribution is -2.05. The first-order chi connectivity index (χ1) is 7.22. The Kier molecular flexibility index (Phi) is 3.12. The average molecular weight is 267 g/mol. The number of fused-ring (bicyclic) bond motifs is 1. The Morgan fingerprint density at radius 2 is 2.13 bits per heavy atom. The summed E-state index contributed by atoms with van der Waals surface area (Å²) in [5.41, 5.74) is 8.12. The second-order valence-corrected chi connectivity index (χ2v) is 4.64. The Morgan fingerprint density at radius 3 is 2.87 bits per heavy atom. The highest BCUT2D eigenvalue weighted by Gasteiger charge is 2.05. The predicted octanol–water partition coefficient (Wildman–Crippen LogP) is 3.06. The Hall–Kier alpha value is -0.800. The Bertz CT molecular complexity index is 474. The molecule has 0 fully saturated rings. The van der Waals surface area contributed by atoms with Crippen LogP contribution in [0.25, 0.3) is 10.9 Å². The standard InChI is InChI=1S/C12H15BrN2/c1-9-3-4-10-8-12(13)15(6-2-5-14)11(10)7-9/h3-4,7-8H,2,5-6,14H2,1H3. The first-order valence-electron chi connectivity index (χ1n) is 5.18. The minimum absolute atomic E-state index is 0.734. The molecule has 1 heterocycles. The first kappa shape index (κ1) is 10.7. The maximum atomic E-state index is 5.54. The van der Waals surface area contributed by atoms with Gasteiger partial charge >= 0.3 is 0 Å². The third-order valence-electron chi connectivity index (χ3n) is 2.60. The smallest absolute Gasteiger partial charge is 0.0857 e. The van der Waals surface area contributed by atoms with Crippen molar-refractivity contribution in [1.29, 1.82) is 0 Å². The summed E-state index contributed by atoms with van der Waals surface area (Å²) >= 11 is 3.59. The second-order valence-electron chi connectivity index (χ2n) is 3.82. The fraction of sp³-hybridized carbons (Fsp3) is 0.333. The second kappa shape index (κ2) is 4.37. The van der Waals surface area contributed by atoms with E-state index in [0.29, 0.717) is 0 Å². The van der Waals surface area contributed by atoms with Gasteiger partial charge in [-0.3, -0.25) is 0 Å². The van der Waals surface area contributed by atoms with E-state index in [1.807, 2.05) is 0 Å². The summed E-state index contributed by atoms with van der Waals surface area (Å²) in [5.74, 6) is 0. The van der Waals surface area contributed by atoms with Crippen LogP contribution in [-0.4, -0.2) is 11.1 Å². The van der Waals surface area contributed by atoms with Crippen molar-refractivity contribution in [2.24, 2.45) is 5.73 Å². The summed E-state index contributed by atoms with van der Waals surface area (Å²) in [6, 6.07) is 8.68. The Balaban J connectivity index is 2.50. The third kappa shape index (κ3) is 2.08. The topological polar surface area (TPSA) is 30.9 Å². The molecule has 80 valence electrons. The summed E-state index contributed by atoms with van der Waals surface area (Å²) in [7, 11) is 0. The zero-order chi connectivity index (χ0) is 10.8. The van der Waals surface area contributed by atoms with Gasteiger partial charge in [-0.05, 0) is 53.5 Å². The highest BCUT2D eigenvalue weighted by molar-refractivity contribution is 9.10. The van der Waals surface area contributed by atoms with Gasteiger partial charge in [0, 0.05) is 17.4 Å². The molecule has 0 amide bonds. The molecule has 1 aromatic carbocycles. The van der Waals surface area contributed by atoms with Gasteiger partial charge in [0.15, 0.2) is 0 Å². The van der Waals surface area contributed by atoms with Crippen molar-refractivity contribution < 1.29 is 0 Å². The number of rotatable bonds is 3. The van der Waals surface area contributed by atoms with Crippen LogP contribution in [0.4, 0.5) is 0 Å². The lowest BCUT2D eigenvalue weighted by molar-refractivity contribution is 0.661. The third-order valence-corrected chi connectivity index (χ3v) is 3.25.